The van der Waals surface area contributed by atoms with Crippen molar-refractivity contribution in [3.05, 3.63) is 109 Å². The highest BCUT2D eigenvalue weighted by Gasteiger charge is 2.17. The van der Waals surface area contributed by atoms with E-state index in [1.807, 2.05) is 6.08 Å². The van der Waals surface area contributed by atoms with Gasteiger partial charge in [0.05, 0.1) is 6.61 Å². The van der Waals surface area contributed by atoms with Crippen LogP contribution in [0.4, 0.5) is 0 Å². The molecule has 0 aliphatic rings. The fraction of sp³-hybridized carbons (Fsp3) is 0.649. The summed E-state index contributed by atoms with van der Waals surface area (Å²) < 4.78 is 17.3. The quantitative estimate of drug-likeness (QED) is 0.0347. The van der Waals surface area contributed by atoms with Crippen LogP contribution in [-0.4, -0.2) is 37.9 Å². The summed E-state index contributed by atoms with van der Waals surface area (Å²) in [5.74, 6) is -0.532. The van der Waals surface area contributed by atoms with Crippen molar-refractivity contribution in [2.24, 2.45) is 0 Å². The lowest BCUT2D eigenvalue weighted by Crippen LogP contribution is -2.30. The predicted molar refractivity (Wildman–Crippen MR) is 269 cm³/mol. The van der Waals surface area contributed by atoms with Crippen LogP contribution in [0.25, 0.3) is 0 Å². The maximum atomic E-state index is 12.8. The van der Waals surface area contributed by atoms with Gasteiger partial charge in [-0.25, -0.2) is 0 Å². The van der Waals surface area contributed by atoms with Crippen molar-refractivity contribution in [3.8, 4) is 0 Å². The minimum atomic E-state index is -0.587. The van der Waals surface area contributed by atoms with Gasteiger partial charge in [0.25, 0.3) is 0 Å². The molecule has 0 aliphatic carbocycles. The van der Waals surface area contributed by atoms with Gasteiger partial charge in [-0.1, -0.05) is 201 Å². The van der Waals surface area contributed by atoms with Gasteiger partial charge in [-0.15, -0.1) is 0 Å². The SMILES string of the molecule is CC/C=C\C/C=C\C/C=C\C/C=C\CCC(=O)OCC(COCCCCCCCCCCCC/C=C\C/C=C\CCCCC)OC(=O)CCCCC/C=C\C/C=C\C/C=C\CC. The van der Waals surface area contributed by atoms with Crippen LogP contribution in [0, 0.1) is 0 Å². The van der Waals surface area contributed by atoms with Gasteiger partial charge in [-0.05, 0) is 109 Å². The molecular weight excluding hydrogens is 765 g/mol. The Balaban J connectivity index is 4.36. The predicted octanol–water partition coefficient (Wildman–Crippen LogP) is 17.2. The Bertz CT molecular complexity index is 1250. The lowest BCUT2D eigenvalue weighted by atomic mass is 10.1. The summed E-state index contributed by atoms with van der Waals surface area (Å²) in [5, 5.41) is 0. The monoisotopic (exact) mass is 859 g/mol. The molecule has 0 amide bonds. The summed E-state index contributed by atoms with van der Waals surface area (Å²) in [6.45, 7) is 7.45. The Morgan fingerprint density at radius 1 is 0.371 bits per heavy atom. The third-order valence-electron chi connectivity index (χ3n) is 10.3. The number of hydrogen-bond acceptors (Lipinski definition) is 5. The average molecular weight is 859 g/mol. The largest absolute Gasteiger partial charge is 0.462 e. The summed E-state index contributed by atoms with van der Waals surface area (Å²) in [6.07, 6.45) is 71.2. The van der Waals surface area contributed by atoms with Crippen LogP contribution in [0.3, 0.4) is 0 Å². The Hall–Kier alpha value is -3.44. The molecule has 0 saturated carbocycles. The lowest BCUT2D eigenvalue weighted by molar-refractivity contribution is -0.162. The van der Waals surface area contributed by atoms with Crippen LogP contribution in [-0.2, 0) is 23.8 Å². The lowest BCUT2D eigenvalue weighted by Gasteiger charge is -2.18. The molecule has 352 valence electrons. The van der Waals surface area contributed by atoms with Gasteiger partial charge in [0.1, 0.15) is 6.61 Å². The van der Waals surface area contributed by atoms with E-state index in [4.69, 9.17) is 14.2 Å². The molecule has 62 heavy (non-hydrogen) atoms. The third kappa shape index (κ3) is 49.2. The Morgan fingerprint density at radius 2 is 0.758 bits per heavy atom. The van der Waals surface area contributed by atoms with Crippen molar-refractivity contribution in [2.45, 2.75) is 219 Å². The van der Waals surface area contributed by atoms with Crippen molar-refractivity contribution in [2.75, 3.05) is 19.8 Å². The van der Waals surface area contributed by atoms with Gasteiger partial charge in [0.15, 0.2) is 6.10 Å². The Morgan fingerprint density at radius 3 is 1.23 bits per heavy atom. The van der Waals surface area contributed by atoms with E-state index >= 15 is 0 Å². The molecule has 1 atom stereocenters. The minimum absolute atomic E-state index is 0.0282. The Labute approximate surface area is 383 Å². The number of esters is 2. The second-order valence-corrected chi connectivity index (χ2v) is 16.3. The van der Waals surface area contributed by atoms with E-state index < -0.39 is 6.10 Å². The van der Waals surface area contributed by atoms with E-state index in [-0.39, 0.29) is 25.2 Å². The summed E-state index contributed by atoms with van der Waals surface area (Å²) >= 11 is 0. The molecule has 0 saturated heterocycles. The van der Waals surface area contributed by atoms with Crippen LogP contribution < -0.4 is 0 Å². The summed E-state index contributed by atoms with van der Waals surface area (Å²) in [5.41, 5.74) is 0. The highest BCUT2D eigenvalue weighted by Crippen LogP contribution is 2.13. The zero-order chi connectivity index (χ0) is 44.9. The number of unbranched alkanes of at least 4 members (excludes halogenated alkanes) is 16. The molecule has 0 N–H and O–H groups in total. The minimum Gasteiger partial charge on any atom is -0.462 e. The van der Waals surface area contributed by atoms with Crippen LogP contribution in [0.5, 0.6) is 0 Å². The summed E-state index contributed by atoms with van der Waals surface area (Å²) in [4.78, 5) is 25.3. The third-order valence-corrected chi connectivity index (χ3v) is 10.3. The molecule has 0 bridgehead atoms. The van der Waals surface area contributed by atoms with Crippen molar-refractivity contribution in [1.29, 1.82) is 0 Å². The highest BCUT2D eigenvalue weighted by molar-refractivity contribution is 5.70. The fourth-order valence-electron chi connectivity index (χ4n) is 6.57. The van der Waals surface area contributed by atoms with E-state index in [2.05, 4.69) is 124 Å². The van der Waals surface area contributed by atoms with Crippen LogP contribution in [0.15, 0.2) is 109 Å². The van der Waals surface area contributed by atoms with Gasteiger partial charge in [0, 0.05) is 19.4 Å². The Kier molecular flexibility index (Phi) is 49.0. The van der Waals surface area contributed by atoms with Gasteiger partial charge >= 0.3 is 11.9 Å². The van der Waals surface area contributed by atoms with Crippen molar-refractivity contribution in [3.63, 3.8) is 0 Å². The number of carbonyl (C=O) groups excluding carboxylic acids is 2. The molecule has 5 heteroatoms. The average Bonchev–Trinajstić information content (AvgIpc) is 3.27. The van der Waals surface area contributed by atoms with Crippen molar-refractivity contribution in [1.82, 2.24) is 0 Å². The van der Waals surface area contributed by atoms with Crippen LogP contribution >= 0.6 is 0 Å². The van der Waals surface area contributed by atoms with Gasteiger partial charge in [0.2, 0.25) is 0 Å². The zero-order valence-corrected chi connectivity index (χ0v) is 40.3. The van der Waals surface area contributed by atoms with Crippen molar-refractivity contribution < 1.29 is 23.8 Å². The molecule has 0 aromatic rings. The van der Waals surface area contributed by atoms with Gasteiger partial charge in [-0.3, -0.25) is 9.59 Å². The van der Waals surface area contributed by atoms with Gasteiger partial charge < -0.3 is 14.2 Å². The summed E-state index contributed by atoms with van der Waals surface area (Å²) in [6, 6.07) is 0. The molecule has 5 nitrogen and oxygen atoms in total. The first-order valence-electron chi connectivity index (χ1n) is 25.4. The van der Waals surface area contributed by atoms with E-state index in [1.54, 1.807) is 0 Å². The van der Waals surface area contributed by atoms with Crippen LogP contribution in [0.2, 0.25) is 0 Å². The molecule has 0 spiro atoms. The maximum Gasteiger partial charge on any atom is 0.306 e. The molecule has 0 fully saturated rings. The number of allylic oxidation sites excluding steroid dienone is 18. The molecule has 0 heterocycles. The molecule has 0 aliphatic heterocycles. The van der Waals surface area contributed by atoms with E-state index in [0.29, 0.717) is 25.9 Å². The number of hydrogen-bond donors (Lipinski definition) is 0. The van der Waals surface area contributed by atoms with E-state index in [1.165, 1.54) is 83.5 Å². The first kappa shape index (κ1) is 58.6. The fourth-order valence-corrected chi connectivity index (χ4v) is 6.57. The highest BCUT2D eigenvalue weighted by atomic mass is 16.6. The van der Waals surface area contributed by atoms with Crippen molar-refractivity contribution >= 4 is 11.9 Å². The second-order valence-electron chi connectivity index (χ2n) is 16.3. The number of rotatable bonds is 45. The van der Waals surface area contributed by atoms with Gasteiger partial charge in [-0.2, -0.15) is 0 Å². The normalized spacial score (nSPS) is 13.1. The number of carbonyl (C=O) groups is 2. The molecule has 1 unspecified atom stereocenters. The molecule has 0 rings (SSSR count). The second kappa shape index (κ2) is 51.9. The number of ether oxygens (including phenoxy) is 3. The first-order chi connectivity index (χ1) is 30.6. The molecule has 0 aromatic heterocycles. The topological polar surface area (TPSA) is 61.8 Å². The zero-order valence-electron chi connectivity index (χ0n) is 40.3. The molecular formula is C57H94O5. The van der Waals surface area contributed by atoms with E-state index in [0.717, 1.165) is 89.9 Å². The maximum absolute atomic E-state index is 12.8. The molecule has 0 radical (unpaired) electrons. The first-order valence-corrected chi connectivity index (χ1v) is 25.4. The standard InChI is InChI=1S/C57H94O5/c1-4-7-10-13-16-19-22-25-26-27-28-29-30-31-34-37-40-43-46-49-52-60-53-55(62-57(59)51-48-45-42-39-36-33-24-21-18-15-12-9-6-3)54-61-56(58)50-47-44-41-38-35-32-23-20-17-14-11-8-5-2/h8-9,11-12,16-21,25-26,32-33,35-36,41,44,55H,4-7,10,13-15,22-24,27-31,34,37-40,42-43,45-54H2,1-3H3/b11-8-,12-9-,19-16-,20-17-,21-18-,26-25-,35-32-,36-33-,44-41-. The van der Waals surface area contributed by atoms with E-state index in [9.17, 15) is 9.59 Å². The smallest absolute Gasteiger partial charge is 0.306 e. The van der Waals surface area contributed by atoms with Crippen LogP contribution in [0.1, 0.15) is 213 Å². The summed E-state index contributed by atoms with van der Waals surface area (Å²) in [7, 11) is 0. The molecule has 0 aromatic carbocycles.